The molecule has 1 N–H and O–H groups in total. The van der Waals surface area contributed by atoms with Gasteiger partial charge < -0.3 is 9.88 Å². The Morgan fingerprint density at radius 2 is 2.19 bits per heavy atom. The highest BCUT2D eigenvalue weighted by atomic mass is 32.2. The monoisotopic (exact) mass is 378 g/mol. The molecule has 1 aromatic carbocycles. The summed E-state index contributed by atoms with van der Waals surface area (Å²) in [6, 6.07) is 8.28. The molecule has 0 spiro atoms. The van der Waals surface area contributed by atoms with Crippen molar-refractivity contribution < 1.29 is 4.79 Å². The maximum absolute atomic E-state index is 12.1. The van der Waals surface area contributed by atoms with E-state index >= 15 is 0 Å². The molecule has 3 aromatic rings. The number of rotatable bonds is 5. The van der Waals surface area contributed by atoms with Gasteiger partial charge >= 0.3 is 0 Å². The fourth-order valence-corrected chi connectivity index (χ4v) is 4.46. The molecule has 27 heavy (non-hydrogen) atoms. The van der Waals surface area contributed by atoms with E-state index in [1.807, 2.05) is 30.1 Å². The second-order valence-electron chi connectivity index (χ2n) is 6.65. The maximum Gasteiger partial charge on any atom is 0.160 e. The normalized spacial score (nSPS) is 14.4. The molecule has 0 unspecified atom stereocenters. The molecule has 0 bridgehead atoms. The first kappa shape index (κ1) is 17.8. The number of carbonyl (C=O) groups is 1. The number of anilines is 1. The summed E-state index contributed by atoms with van der Waals surface area (Å²) in [6.07, 6.45) is 7.58. The van der Waals surface area contributed by atoms with Crippen LogP contribution in [0.25, 0.3) is 15.9 Å². The van der Waals surface area contributed by atoms with Gasteiger partial charge in [-0.1, -0.05) is 25.5 Å². The van der Waals surface area contributed by atoms with Crippen LogP contribution in [-0.2, 0) is 6.42 Å². The number of fused-ring (bicyclic) bond motifs is 1. The van der Waals surface area contributed by atoms with Crippen LogP contribution in [0.3, 0.4) is 0 Å². The molecule has 6 heteroatoms. The van der Waals surface area contributed by atoms with Crippen molar-refractivity contribution >= 4 is 39.3 Å². The number of Topliss-reactive ketones (excluding diaryl/α,β-unsaturated/α-hetero) is 1. The van der Waals surface area contributed by atoms with E-state index in [1.54, 1.807) is 13.3 Å². The number of benzene rings is 1. The number of H-pyrrole nitrogens is 1. The van der Waals surface area contributed by atoms with Gasteiger partial charge in [0.2, 0.25) is 0 Å². The molecule has 0 saturated heterocycles. The summed E-state index contributed by atoms with van der Waals surface area (Å²) in [5.74, 6) is 2.00. The van der Waals surface area contributed by atoms with Gasteiger partial charge in [-0.15, -0.1) is 11.8 Å². The lowest BCUT2D eigenvalue weighted by molar-refractivity contribution is 0.101. The molecule has 3 heterocycles. The molecule has 0 saturated carbocycles. The molecule has 0 atom stereocenters. The first-order valence-corrected chi connectivity index (χ1v) is 10.2. The van der Waals surface area contributed by atoms with E-state index in [0.717, 1.165) is 63.6 Å². The number of ketones is 1. The lowest BCUT2D eigenvalue weighted by Gasteiger charge is -2.26. The maximum atomic E-state index is 12.1. The van der Waals surface area contributed by atoms with Crippen molar-refractivity contribution in [3.63, 3.8) is 0 Å². The van der Waals surface area contributed by atoms with Crippen LogP contribution in [0.2, 0.25) is 0 Å². The molecule has 0 radical (unpaired) electrons. The van der Waals surface area contributed by atoms with Crippen LogP contribution in [0.5, 0.6) is 0 Å². The van der Waals surface area contributed by atoms with Crippen molar-refractivity contribution in [2.24, 2.45) is 0 Å². The van der Waals surface area contributed by atoms with E-state index in [9.17, 15) is 4.79 Å². The first-order valence-electron chi connectivity index (χ1n) is 9.21. The van der Waals surface area contributed by atoms with E-state index in [1.165, 1.54) is 0 Å². The van der Waals surface area contributed by atoms with Crippen LogP contribution in [-0.4, -0.2) is 33.0 Å². The van der Waals surface area contributed by atoms with E-state index in [4.69, 9.17) is 0 Å². The van der Waals surface area contributed by atoms with Gasteiger partial charge in [0, 0.05) is 35.2 Å². The molecule has 1 aliphatic rings. The number of aromatic nitrogens is 3. The summed E-state index contributed by atoms with van der Waals surface area (Å²) < 4.78 is 0. The summed E-state index contributed by atoms with van der Waals surface area (Å²) in [6.45, 7) is 4.67. The number of hydrogen-bond acceptors (Lipinski definition) is 5. The molecule has 2 aromatic heterocycles. The summed E-state index contributed by atoms with van der Waals surface area (Å²) in [5.41, 5.74) is 3.91. The molecule has 0 amide bonds. The zero-order valence-corrected chi connectivity index (χ0v) is 16.3. The van der Waals surface area contributed by atoms with Gasteiger partial charge in [0.1, 0.15) is 17.8 Å². The average molecular weight is 379 g/mol. The molecule has 5 nitrogen and oxygen atoms in total. The van der Waals surface area contributed by atoms with Crippen LogP contribution in [0.1, 0.15) is 41.8 Å². The molecule has 4 rings (SSSR count). The van der Waals surface area contributed by atoms with Gasteiger partial charge in [0.05, 0.1) is 5.39 Å². The second-order valence-corrected chi connectivity index (χ2v) is 7.79. The Hall–Kier alpha value is -2.60. The van der Waals surface area contributed by atoms with Gasteiger partial charge in [-0.2, -0.15) is 0 Å². The van der Waals surface area contributed by atoms with Crippen molar-refractivity contribution in [3.8, 4) is 0 Å². The number of aromatic amines is 1. The zero-order chi connectivity index (χ0) is 18.8. The lowest BCUT2D eigenvalue weighted by Crippen LogP contribution is -2.24. The molecular weight excluding hydrogens is 356 g/mol. The van der Waals surface area contributed by atoms with Crippen LogP contribution >= 0.6 is 11.8 Å². The fourth-order valence-electron chi connectivity index (χ4n) is 3.45. The van der Waals surface area contributed by atoms with Crippen molar-refractivity contribution in [2.45, 2.75) is 26.7 Å². The van der Waals surface area contributed by atoms with Gasteiger partial charge in [-0.05, 0) is 36.6 Å². The van der Waals surface area contributed by atoms with Crippen LogP contribution < -0.4 is 4.90 Å². The van der Waals surface area contributed by atoms with Crippen molar-refractivity contribution in [1.29, 1.82) is 0 Å². The van der Waals surface area contributed by atoms with Gasteiger partial charge in [0.15, 0.2) is 5.78 Å². The van der Waals surface area contributed by atoms with Gasteiger partial charge in [-0.25, -0.2) is 9.97 Å². The molecule has 1 aliphatic heterocycles. The van der Waals surface area contributed by atoms with E-state index in [2.05, 4.69) is 45.1 Å². The highest BCUT2D eigenvalue weighted by Gasteiger charge is 2.18. The Balaban J connectivity index is 1.72. The predicted molar refractivity (Wildman–Crippen MR) is 112 cm³/mol. The van der Waals surface area contributed by atoms with Crippen LogP contribution in [0.4, 0.5) is 5.82 Å². The second kappa shape index (κ2) is 7.56. The topological polar surface area (TPSA) is 61.9 Å². The summed E-state index contributed by atoms with van der Waals surface area (Å²) in [7, 11) is 0. The third-order valence-corrected chi connectivity index (χ3v) is 5.80. The standard InChI is InChI=1S/C21H22N4OS/c1-3-4-15-5-6-16(11-18(15)14(2)26)19-12-25(9-10-27-19)21-17-7-8-22-20(17)23-13-24-21/h5-8,11-13H,3-4,9-10H2,1-2H3,(H,22,23,24). The Kier molecular flexibility index (Phi) is 4.99. The van der Waals surface area contributed by atoms with E-state index in [0.29, 0.717) is 0 Å². The van der Waals surface area contributed by atoms with E-state index < -0.39 is 0 Å². The lowest BCUT2D eigenvalue weighted by atomic mass is 9.98. The molecule has 0 fully saturated rings. The molecule has 138 valence electrons. The number of thioether (sulfide) groups is 1. The molecule has 0 aliphatic carbocycles. The first-order chi connectivity index (χ1) is 13.2. The summed E-state index contributed by atoms with van der Waals surface area (Å²) in [4.78, 5) is 27.4. The van der Waals surface area contributed by atoms with E-state index in [-0.39, 0.29) is 5.78 Å². The summed E-state index contributed by atoms with van der Waals surface area (Å²) >= 11 is 1.82. The number of nitrogens with zero attached hydrogens (tertiary/aromatic N) is 3. The van der Waals surface area contributed by atoms with Crippen molar-refractivity contribution in [2.75, 3.05) is 17.2 Å². The fraction of sp³-hybridized carbons (Fsp3) is 0.286. The highest BCUT2D eigenvalue weighted by Crippen LogP contribution is 2.35. The Labute approximate surface area is 162 Å². The predicted octanol–water partition coefficient (Wildman–Crippen LogP) is 4.66. The smallest absolute Gasteiger partial charge is 0.160 e. The zero-order valence-electron chi connectivity index (χ0n) is 15.5. The number of nitrogens with one attached hydrogen (secondary N) is 1. The number of aryl methyl sites for hydroxylation is 1. The largest absolute Gasteiger partial charge is 0.346 e. The molecular formula is C21H22N4OS. The third-order valence-electron chi connectivity index (χ3n) is 4.76. The summed E-state index contributed by atoms with van der Waals surface area (Å²) in [5, 5.41) is 1.02. The minimum atomic E-state index is 0.128. The van der Waals surface area contributed by atoms with Gasteiger partial charge in [0.25, 0.3) is 0 Å². The van der Waals surface area contributed by atoms with Crippen molar-refractivity contribution in [1.82, 2.24) is 15.0 Å². The minimum Gasteiger partial charge on any atom is -0.346 e. The highest BCUT2D eigenvalue weighted by molar-refractivity contribution is 8.08. The quantitative estimate of drug-likeness (QED) is 0.654. The van der Waals surface area contributed by atoms with Crippen LogP contribution in [0.15, 0.2) is 43.0 Å². The number of carbonyl (C=O) groups excluding carboxylic acids is 1. The number of hydrogen-bond donors (Lipinski definition) is 1. The SMILES string of the molecule is CCCc1ccc(C2=CN(c3ncnc4[nH]ccc34)CCS2)cc1C(C)=O. The van der Waals surface area contributed by atoms with Gasteiger partial charge in [-0.3, -0.25) is 4.79 Å². The Morgan fingerprint density at radius 3 is 3.00 bits per heavy atom. The van der Waals surface area contributed by atoms with Crippen molar-refractivity contribution in [3.05, 3.63) is 59.7 Å². The Morgan fingerprint density at radius 1 is 1.30 bits per heavy atom. The minimum absolute atomic E-state index is 0.128. The third kappa shape index (κ3) is 3.49. The van der Waals surface area contributed by atoms with Crippen LogP contribution in [0, 0.1) is 0 Å². The average Bonchev–Trinajstić information content (AvgIpc) is 3.17. The Bertz CT molecular complexity index is 1020.